The van der Waals surface area contributed by atoms with Crippen LogP contribution in [0.25, 0.3) is 0 Å². The van der Waals surface area contributed by atoms with Crippen molar-refractivity contribution in [2.45, 2.75) is 45.7 Å². The quantitative estimate of drug-likeness (QED) is 0.269. The molecule has 8 nitrogen and oxygen atoms in total. The van der Waals surface area contributed by atoms with Crippen LogP contribution in [0.3, 0.4) is 0 Å². The number of methoxy groups -OCH3 is 2. The number of hydrogen-bond donors (Lipinski definition) is 0. The second-order valence-corrected chi connectivity index (χ2v) is 6.94. The molecule has 27 heavy (non-hydrogen) atoms. The van der Waals surface area contributed by atoms with Gasteiger partial charge < -0.3 is 23.7 Å². The lowest BCUT2D eigenvalue weighted by Crippen LogP contribution is -2.51. The van der Waals surface area contributed by atoms with Gasteiger partial charge in [-0.3, -0.25) is 9.59 Å². The Morgan fingerprint density at radius 1 is 1.04 bits per heavy atom. The molecule has 0 N–H and O–H groups in total. The maximum absolute atomic E-state index is 12.4. The van der Waals surface area contributed by atoms with Crippen molar-refractivity contribution >= 4 is 17.9 Å². The molecule has 2 saturated carbocycles. The fourth-order valence-electron chi connectivity index (χ4n) is 4.27. The van der Waals surface area contributed by atoms with Crippen molar-refractivity contribution in [2.75, 3.05) is 20.8 Å². The summed E-state index contributed by atoms with van der Waals surface area (Å²) in [4.78, 5) is 36.9. The summed E-state index contributed by atoms with van der Waals surface area (Å²) in [6.45, 7) is 9.16. The van der Waals surface area contributed by atoms with Gasteiger partial charge in [0.25, 0.3) is 0 Å². The van der Waals surface area contributed by atoms with Gasteiger partial charge in [-0.2, -0.15) is 0 Å². The predicted octanol–water partition coefficient (Wildman–Crippen LogP) is 1.47. The first kappa shape index (κ1) is 21.4. The van der Waals surface area contributed by atoms with Crippen LogP contribution in [0.2, 0.25) is 0 Å². The molecule has 0 amide bonds. The van der Waals surface area contributed by atoms with E-state index in [4.69, 9.17) is 23.7 Å². The van der Waals surface area contributed by atoms with Crippen molar-refractivity contribution < 1.29 is 38.1 Å². The molecule has 0 aliphatic heterocycles. The van der Waals surface area contributed by atoms with Crippen molar-refractivity contribution in [3.8, 4) is 0 Å². The van der Waals surface area contributed by atoms with E-state index in [1.54, 1.807) is 13.8 Å². The first-order valence-electron chi connectivity index (χ1n) is 9.05. The van der Waals surface area contributed by atoms with Crippen molar-refractivity contribution in [2.24, 2.45) is 23.7 Å². The lowest BCUT2D eigenvalue weighted by Gasteiger charge is -2.38. The number of carbonyl (C=O) groups is 3. The van der Waals surface area contributed by atoms with E-state index in [1.165, 1.54) is 14.2 Å². The van der Waals surface area contributed by atoms with Crippen LogP contribution in [0.15, 0.2) is 12.2 Å². The summed E-state index contributed by atoms with van der Waals surface area (Å²) in [6, 6.07) is 0. The topological polar surface area (TPSA) is 97.4 Å². The Bertz CT molecular complexity index is 601. The minimum Gasteiger partial charge on any atom is -0.469 e. The third kappa shape index (κ3) is 4.16. The van der Waals surface area contributed by atoms with E-state index >= 15 is 0 Å². The predicted molar refractivity (Wildman–Crippen MR) is 93.3 cm³/mol. The van der Waals surface area contributed by atoms with Gasteiger partial charge in [0.15, 0.2) is 6.29 Å². The van der Waals surface area contributed by atoms with Gasteiger partial charge in [0.05, 0.1) is 26.1 Å². The average molecular weight is 384 g/mol. The lowest BCUT2D eigenvalue weighted by atomic mass is 9.76. The first-order chi connectivity index (χ1) is 12.8. The number of fused-ring (bicyclic) bond motifs is 2. The van der Waals surface area contributed by atoms with Crippen molar-refractivity contribution in [3.05, 3.63) is 12.2 Å². The third-order valence-corrected chi connectivity index (χ3v) is 5.31. The van der Waals surface area contributed by atoms with E-state index in [0.717, 1.165) is 0 Å². The van der Waals surface area contributed by atoms with Crippen LogP contribution >= 0.6 is 0 Å². The normalized spacial score (nSPS) is 32.6. The molecular weight excluding hydrogens is 356 g/mol. The molecule has 7 unspecified atom stereocenters. The highest BCUT2D eigenvalue weighted by Crippen LogP contribution is 2.55. The highest BCUT2D eigenvalue weighted by atomic mass is 16.7. The molecule has 0 aromatic carbocycles. The fraction of sp³-hybridized carbons (Fsp3) is 0.737. The van der Waals surface area contributed by atoms with Gasteiger partial charge in [0.1, 0.15) is 12.2 Å². The Morgan fingerprint density at radius 2 is 1.56 bits per heavy atom. The number of ether oxygens (including phenoxy) is 5. The summed E-state index contributed by atoms with van der Waals surface area (Å²) in [5.41, 5.74) is 0.244. The van der Waals surface area contributed by atoms with E-state index in [2.05, 4.69) is 6.58 Å². The van der Waals surface area contributed by atoms with Crippen molar-refractivity contribution in [1.82, 2.24) is 0 Å². The molecule has 7 atom stereocenters. The summed E-state index contributed by atoms with van der Waals surface area (Å²) in [6.07, 6.45) is -1.37. The minimum atomic E-state index is -0.752. The van der Waals surface area contributed by atoms with E-state index < -0.39 is 54.2 Å². The van der Waals surface area contributed by atoms with Crippen LogP contribution in [-0.2, 0) is 38.1 Å². The minimum absolute atomic E-state index is 0.244. The van der Waals surface area contributed by atoms with Gasteiger partial charge in [-0.1, -0.05) is 6.58 Å². The van der Waals surface area contributed by atoms with Crippen LogP contribution in [0.5, 0.6) is 0 Å². The largest absolute Gasteiger partial charge is 0.469 e. The summed E-state index contributed by atoms with van der Waals surface area (Å²) in [5, 5.41) is 0. The van der Waals surface area contributed by atoms with Crippen LogP contribution in [-0.4, -0.2) is 57.2 Å². The molecule has 0 spiro atoms. The maximum Gasteiger partial charge on any atom is 0.333 e. The molecule has 152 valence electrons. The Kier molecular flexibility index (Phi) is 7.00. The van der Waals surface area contributed by atoms with Gasteiger partial charge in [-0.25, -0.2) is 4.79 Å². The molecule has 2 aliphatic rings. The standard InChI is InChI=1S/C19H28O8/c1-7-25-10(4)26-15-11-8-12(16(15)27-17(20)9(2)3)14(19(22)24-6)13(11)18(21)23-5/h10-16H,2,7-8H2,1,3-6H3. The molecule has 0 aromatic rings. The van der Waals surface area contributed by atoms with Crippen molar-refractivity contribution in [1.29, 1.82) is 0 Å². The molecule has 0 radical (unpaired) electrons. The number of hydrogen-bond acceptors (Lipinski definition) is 8. The zero-order valence-corrected chi connectivity index (χ0v) is 16.4. The summed E-state index contributed by atoms with van der Waals surface area (Å²) in [7, 11) is 2.54. The molecule has 0 heterocycles. The highest BCUT2D eigenvalue weighted by molar-refractivity contribution is 5.87. The van der Waals surface area contributed by atoms with Gasteiger partial charge >= 0.3 is 17.9 Å². The van der Waals surface area contributed by atoms with Crippen LogP contribution in [0, 0.1) is 23.7 Å². The lowest BCUT2D eigenvalue weighted by molar-refractivity contribution is -0.215. The van der Waals surface area contributed by atoms with Gasteiger partial charge in [-0.15, -0.1) is 0 Å². The first-order valence-corrected chi connectivity index (χ1v) is 9.05. The van der Waals surface area contributed by atoms with E-state index in [0.29, 0.717) is 13.0 Å². The molecule has 0 aromatic heterocycles. The molecule has 2 aliphatic carbocycles. The van der Waals surface area contributed by atoms with Gasteiger partial charge in [0, 0.05) is 24.0 Å². The molecular formula is C19H28O8. The molecule has 2 fully saturated rings. The number of esters is 3. The zero-order chi connectivity index (χ0) is 20.3. The summed E-state index contributed by atoms with van der Waals surface area (Å²) >= 11 is 0. The Balaban J connectivity index is 2.35. The second kappa shape index (κ2) is 8.84. The Morgan fingerprint density at radius 3 is 2.00 bits per heavy atom. The smallest absolute Gasteiger partial charge is 0.333 e. The Labute approximate surface area is 159 Å². The van der Waals surface area contributed by atoms with E-state index in [-0.39, 0.29) is 11.5 Å². The Hall–Kier alpha value is -1.93. The molecule has 2 bridgehead atoms. The molecule has 0 saturated heterocycles. The third-order valence-electron chi connectivity index (χ3n) is 5.31. The van der Waals surface area contributed by atoms with Gasteiger partial charge in [-0.05, 0) is 27.2 Å². The van der Waals surface area contributed by atoms with Crippen molar-refractivity contribution in [3.63, 3.8) is 0 Å². The SMILES string of the molecule is C=C(C)C(=O)OC1C2CC(C1OC(C)OCC)C(C(=O)OC)C2C(=O)OC. The second-order valence-electron chi connectivity index (χ2n) is 6.94. The van der Waals surface area contributed by atoms with Crippen LogP contribution in [0.4, 0.5) is 0 Å². The van der Waals surface area contributed by atoms with Gasteiger partial charge in [0.2, 0.25) is 0 Å². The monoisotopic (exact) mass is 384 g/mol. The highest BCUT2D eigenvalue weighted by Gasteiger charge is 2.65. The number of carbonyl (C=O) groups excluding carboxylic acids is 3. The summed E-state index contributed by atoms with van der Waals surface area (Å²) < 4.78 is 26.8. The fourth-order valence-corrected chi connectivity index (χ4v) is 4.27. The maximum atomic E-state index is 12.4. The molecule has 8 heteroatoms. The van der Waals surface area contributed by atoms with Crippen LogP contribution in [0.1, 0.15) is 27.2 Å². The molecule has 2 rings (SSSR count). The summed E-state index contributed by atoms with van der Waals surface area (Å²) in [5.74, 6) is -3.82. The van der Waals surface area contributed by atoms with Crippen LogP contribution < -0.4 is 0 Å². The average Bonchev–Trinajstić information content (AvgIpc) is 3.17. The zero-order valence-electron chi connectivity index (χ0n) is 16.4. The van der Waals surface area contributed by atoms with E-state index in [1.807, 2.05) is 6.92 Å². The van der Waals surface area contributed by atoms with E-state index in [9.17, 15) is 14.4 Å². The number of rotatable bonds is 8.